The van der Waals surface area contributed by atoms with Gasteiger partial charge in [0.15, 0.2) is 0 Å². The third-order valence-corrected chi connectivity index (χ3v) is 2.13. The van der Waals surface area contributed by atoms with Crippen molar-refractivity contribution in [3.8, 4) is 0 Å². The third kappa shape index (κ3) is 4.28. The highest BCUT2D eigenvalue weighted by Gasteiger charge is 2.05. The molecule has 0 bridgehead atoms. The zero-order valence-corrected chi connectivity index (χ0v) is 10.3. The fraction of sp³-hybridized carbons (Fsp3) is 0.364. The van der Waals surface area contributed by atoms with Crippen LogP contribution in [0.15, 0.2) is 23.1 Å². The Morgan fingerprint density at radius 2 is 1.94 bits per heavy atom. The first-order chi connectivity index (χ1) is 8.50. The number of rotatable bonds is 4. The minimum absolute atomic E-state index is 0.222. The lowest BCUT2D eigenvalue weighted by Crippen LogP contribution is -2.39. The Morgan fingerprint density at radius 1 is 1.28 bits per heavy atom. The second-order valence-corrected chi connectivity index (χ2v) is 3.82. The van der Waals surface area contributed by atoms with E-state index in [-0.39, 0.29) is 23.1 Å². The van der Waals surface area contributed by atoms with Crippen molar-refractivity contribution in [1.29, 1.82) is 0 Å². The molecule has 0 aliphatic rings. The van der Waals surface area contributed by atoms with Crippen LogP contribution in [-0.4, -0.2) is 49.0 Å². The summed E-state index contributed by atoms with van der Waals surface area (Å²) in [4.78, 5) is 37.6. The summed E-state index contributed by atoms with van der Waals surface area (Å²) in [6.07, 6.45) is 1.41. The number of aromatic amines is 1. The molecule has 0 aromatic carbocycles. The van der Waals surface area contributed by atoms with Crippen molar-refractivity contribution in [2.24, 2.45) is 0 Å². The van der Waals surface area contributed by atoms with Gasteiger partial charge in [0, 0.05) is 45.0 Å². The van der Waals surface area contributed by atoms with Crippen LogP contribution < -0.4 is 16.2 Å². The molecule has 18 heavy (non-hydrogen) atoms. The first kappa shape index (κ1) is 13.8. The van der Waals surface area contributed by atoms with E-state index in [9.17, 15) is 14.4 Å². The van der Waals surface area contributed by atoms with Crippen LogP contribution >= 0.6 is 0 Å². The van der Waals surface area contributed by atoms with Gasteiger partial charge < -0.3 is 20.5 Å². The number of hydrogen-bond acceptors (Lipinski definition) is 3. The Morgan fingerprint density at radius 3 is 2.56 bits per heavy atom. The van der Waals surface area contributed by atoms with E-state index in [2.05, 4.69) is 15.6 Å². The zero-order chi connectivity index (χ0) is 13.5. The van der Waals surface area contributed by atoms with E-state index in [0.717, 1.165) is 0 Å². The molecule has 0 saturated carbocycles. The largest absolute Gasteiger partial charge is 0.350 e. The van der Waals surface area contributed by atoms with E-state index >= 15 is 0 Å². The molecule has 7 nitrogen and oxygen atoms in total. The summed E-state index contributed by atoms with van der Waals surface area (Å²) in [6.45, 7) is 0.622. The molecule has 7 heteroatoms. The Labute approximate surface area is 104 Å². The smallest absolute Gasteiger partial charge is 0.316 e. The standard InChI is InChI=1S/C11H16N4O3/c1-15(2)11(18)14-6-5-13-10(17)8-3-4-12-9(16)7-8/h3-4,7H,5-6H2,1-2H3,(H,12,16)(H,13,17)(H,14,18). The molecular formula is C11H16N4O3. The average molecular weight is 252 g/mol. The van der Waals surface area contributed by atoms with Gasteiger partial charge in [-0.1, -0.05) is 0 Å². The van der Waals surface area contributed by atoms with Crippen molar-refractivity contribution in [3.63, 3.8) is 0 Å². The summed E-state index contributed by atoms with van der Waals surface area (Å²) >= 11 is 0. The van der Waals surface area contributed by atoms with Crippen molar-refractivity contribution in [2.75, 3.05) is 27.2 Å². The summed E-state index contributed by atoms with van der Waals surface area (Å²) in [6, 6.07) is 2.50. The highest BCUT2D eigenvalue weighted by Crippen LogP contribution is 1.91. The van der Waals surface area contributed by atoms with Crippen molar-refractivity contribution in [3.05, 3.63) is 34.2 Å². The number of nitrogens with one attached hydrogen (secondary N) is 3. The molecule has 0 unspecified atom stereocenters. The number of nitrogens with zero attached hydrogens (tertiary/aromatic N) is 1. The van der Waals surface area contributed by atoms with Gasteiger partial charge in [-0.15, -0.1) is 0 Å². The fourth-order valence-electron chi connectivity index (χ4n) is 1.19. The Bertz CT molecular complexity index is 481. The third-order valence-electron chi connectivity index (χ3n) is 2.13. The van der Waals surface area contributed by atoms with Crippen molar-refractivity contribution < 1.29 is 9.59 Å². The normalized spacial score (nSPS) is 9.67. The number of H-pyrrole nitrogens is 1. The summed E-state index contributed by atoms with van der Waals surface area (Å²) < 4.78 is 0. The van der Waals surface area contributed by atoms with Crippen molar-refractivity contribution in [1.82, 2.24) is 20.5 Å². The number of amides is 3. The van der Waals surface area contributed by atoms with Gasteiger partial charge in [0.05, 0.1) is 0 Å². The molecule has 0 saturated heterocycles. The SMILES string of the molecule is CN(C)C(=O)NCCNC(=O)c1cc[nH]c(=O)c1. The molecule has 3 amide bonds. The lowest BCUT2D eigenvalue weighted by molar-refractivity contribution is 0.0953. The Balaban J connectivity index is 2.34. The van der Waals surface area contributed by atoms with Gasteiger partial charge in [0.25, 0.3) is 5.91 Å². The maximum Gasteiger partial charge on any atom is 0.316 e. The predicted octanol–water partition coefficient (Wildman–Crippen LogP) is -0.624. The summed E-state index contributed by atoms with van der Waals surface area (Å²) in [7, 11) is 3.26. The van der Waals surface area contributed by atoms with Crippen LogP contribution in [0.1, 0.15) is 10.4 Å². The zero-order valence-electron chi connectivity index (χ0n) is 10.3. The first-order valence-corrected chi connectivity index (χ1v) is 5.43. The lowest BCUT2D eigenvalue weighted by atomic mass is 10.2. The summed E-state index contributed by atoms with van der Waals surface area (Å²) in [5, 5.41) is 5.20. The number of carbonyl (C=O) groups excluding carboxylic acids is 2. The molecule has 0 aliphatic heterocycles. The molecular weight excluding hydrogens is 236 g/mol. The molecule has 1 aromatic heterocycles. The predicted molar refractivity (Wildman–Crippen MR) is 66.5 cm³/mol. The van der Waals surface area contributed by atoms with Gasteiger partial charge in [0.1, 0.15) is 0 Å². The van der Waals surface area contributed by atoms with E-state index < -0.39 is 0 Å². The quantitative estimate of drug-likeness (QED) is 0.623. The Hall–Kier alpha value is -2.31. The second kappa shape index (κ2) is 6.43. The van der Waals surface area contributed by atoms with E-state index in [1.54, 1.807) is 14.1 Å². The topological polar surface area (TPSA) is 94.3 Å². The maximum absolute atomic E-state index is 11.6. The van der Waals surface area contributed by atoms with Crippen LogP contribution in [0.2, 0.25) is 0 Å². The van der Waals surface area contributed by atoms with Crippen molar-refractivity contribution >= 4 is 11.9 Å². The van der Waals surface area contributed by atoms with Crippen LogP contribution in [0.3, 0.4) is 0 Å². The van der Waals surface area contributed by atoms with Gasteiger partial charge >= 0.3 is 6.03 Å². The number of aromatic nitrogens is 1. The van der Waals surface area contributed by atoms with Crippen LogP contribution in [0.25, 0.3) is 0 Å². The molecule has 0 atom stereocenters. The molecule has 0 fully saturated rings. The maximum atomic E-state index is 11.6. The molecule has 1 rings (SSSR count). The molecule has 1 aromatic rings. The van der Waals surface area contributed by atoms with Gasteiger partial charge in [0.2, 0.25) is 5.56 Å². The summed E-state index contributed by atoms with van der Waals surface area (Å²) in [5.41, 5.74) is -0.0405. The molecule has 0 aliphatic carbocycles. The molecule has 3 N–H and O–H groups in total. The van der Waals surface area contributed by atoms with Crippen molar-refractivity contribution in [2.45, 2.75) is 0 Å². The average Bonchev–Trinajstić information content (AvgIpc) is 2.33. The minimum atomic E-state index is -0.347. The second-order valence-electron chi connectivity index (χ2n) is 3.82. The number of hydrogen-bond donors (Lipinski definition) is 3. The summed E-state index contributed by atoms with van der Waals surface area (Å²) in [5.74, 6) is -0.347. The van der Waals surface area contributed by atoms with Crippen LogP contribution in [0.5, 0.6) is 0 Å². The van der Waals surface area contributed by atoms with Crippen LogP contribution in [-0.2, 0) is 0 Å². The van der Waals surface area contributed by atoms with E-state index in [1.165, 1.54) is 23.2 Å². The number of pyridine rings is 1. The van der Waals surface area contributed by atoms with Gasteiger partial charge in [-0.25, -0.2) is 4.79 Å². The minimum Gasteiger partial charge on any atom is -0.350 e. The molecule has 98 valence electrons. The highest BCUT2D eigenvalue weighted by atomic mass is 16.2. The van der Waals surface area contributed by atoms with Gasteiger partial charge in [-0.3, -0.25) is 9.59 Å². The molecule has 0 radical (unpaired) electrons. The highest BCUT2D eigenvalue weighted by molar-refractivity contribution is 5.93. The van der Waals surface area contributed by atoms with Gasteiger partial charge in [-0.05, 0) is 6.07 Å². The first-order valence-electron chi connectivity index (χ1n) is 5.43. The van der Waals surface area contributed by atoms with E-state index in [1.807, 2.05) is 0 Å². The van der Waals surface area contributed by atoms with E-state index in [0.29, 0.717) is 13.1 Å². The van der Waals surface area contributed by atoms with E-state index in [4.69, 9.17) is 0 Å². The number of carbonyl (C=O) groups is 2. The fourth-order valence-corrected chi connectivity index (χ4v) is 1.19. The van der Waals surface area contributed by atoms with Crippen LogP contribution in [0, 0.1) is 0 Å². The monoisotopic (exact) mass is 252 g/mol. The van der Waals surface area contributed by atoms with Crippen LogP contribution in [0.4, 0.5) is 4.79 Å². The lowest BCUT2D eigenvalue weighted by Gasteiger charge is -2.12. The van der Waals surface area contributed by atoms with Gasteiger partial charge in [-0.2, -0.15) is 0 Å². The Kier molecular flexibility index (Phi) is 4.91. The molecule has 1 heterocycles. The molecule has 0 spiro atoms. The number of urea groups is 1.